The first-order valence-corrected chi connectivity index (χ1v) is 7.68. The molecule has 0 aliphatic rings. The van der Waals surface area contributed by atoms with Crippen LogP contribution >= 0.6 is 0 Å². The molecule has 0 saturated heterocycles. The Bertz CT molecular complexity index is 413. The number of carbonyl (C=O) groups excluding carboxylic acids is 1. The maximum absolute atomic E-state index is 12.0. The van der Waals surface area contributed by atoms with Crippen LogP contribution in [0.15, 0.2) is 18.2 Å². The highest BCUT2D eigenvalue weighted by atomic mass is 16.5. The monoisotopic (exact) mass is 278 g/mol. The Balaban J connectivity index is 2.39. The first-order valence-electron chi connectivity index (χ1n) is 7.68. The van der Waals surface area contributed by atoms with Crippen LogP contribution in [0.25, 0.3) is 0 Å². The van der Waals surface area contributed by atoms with Gasteiger partial charge in [0.25, 0.3) is 0 Å². The molecule has 0 heterocycles. The first-order chi connectivity index (χ1) is 9.69. The normalized spacial score (nSPS) is 10.5. The van der Waals surface area contributed by atoms with Crippen LogP contribution in [-0.4, -0.2) is 17.5 Å². The van der Waals surface area contributed by atoms with E-state index in [1.807, 2.05) is 6.92 Å². The van der Waals surface area contributed by atoms with Crippen molar-refractivity contribution in [2.75, 3.05) is 6.61 Å². The molecule has 0 unspecified atom stereocenters. The molecule has 3 nitrogen and oxygen atoms in total. The number of ether oxygens (including phenoxy) is 1. The van der Waals surface area contributed by atoms with Crippen LogP contribution < -0.4 is 4.74 Å². The molecule has 1 rings (SSSR count). The first kappa shape index (κ1) is 16.5. The van der Waals surface area contributed by atoms with Gasteiger partial charge in [-0.1, -0.05) is 39.0 Å². The number of hydrogen-bond acceptors (Lipinski definition) is 3. The van der Waals surface area contributed by atoms with Crippen molar-refractivity contribution < 1.29 is 14.6 Å². The predicted molar refractivity (Wildman–Crippen MR) is 81.6 cm³/mol. The van der Waals surface area contributed by atoms with Crippen LogP contribution in [-0.2, 0) is 0 Å². The van der Waals surface area contributed by atoms with Crippen molar-refractivity contribution >= 4 is 5.78 Å². The van der Waals surface area contributed by atoms with Crippen LogP contribution in [0.5, 0.6) is 11.5 Å². The van der Waals surface area contributed by atoms with Gasteiger partial charge >= 0.3 is 0 Å². The third kappa shape index (κ3) is 5.64. The number of aromatic hydroxyl groups is 1. The molecule has 1 aromatic rings. The van der Waals surface area contributed by atoms with Gasteiger partial charge in [-0.05, 0) is 25.5 Å². The van der Waals surface area contributed by atoms with E-state index in [2.05, 4.69) is 6.92 Å². The highest BCUT2D eigenvalue weighted by molar-refractivity contribution is 5.98. The molecular formula is C17H26O3. The Morgan fingerprint density at radius 3 is 2.45 bits per heavy atom. The number of hydrogen-bond donors (Lipinski definition) is 1. The third-order valence-corrected chi connectivity index (χ3v) is 3.34. The van der Waals surface area contributed by atoms with E-state index in [9.17, 15) is 9.90 Å². The number of carbonyl (C=O) groups is 1. The van der Waals surface area contributed by atoms with E-state index in [0.29, 0.717) is 24.3 Å². The predicted octanol–water partition coefficient (Wildman–Crippen LogP) is 4.72. The highest BCUT2D eigenvalue weighted by Gasteiger charge is 2.11. The molecule has 0 amide bonds. The summed E-state index contributed by atoms with van der Waals surface area (Å²) < 4.78 is 5.29. The molecule has 0 fully saturated rings. The minimum atomic E-state index is 0.0149. The average Bonchev–Trinajstić information content (AvgIpc) is 2.43. The summed E-state index contributed by atoms with van der Waals surface area (Å²) in [5, 5.41) is 9.86. The fourth-order valence-corrected chi connectivity index (χ4v) is 2.20. The molecule has 112 valence electrons. The number of rotatable bonds is 10. The van der Waals surface area contributed by atoms with Crippen molar-refractivity contribution in [3.8, 4) is 11.5 Å². The standard InChI is InChI=1S/C17H26O3/c1-3-5-6-7-8-9-10-16(18)15-12-11-14(20-4-2)13-17(15)19/h11-13,19H,3-10H2,1-2H3. The van der Waals surface area contributed by atoms with E-state index in [0.717, 1.165) is 12.8 Å². The molecule has 1 N–H and O–H groups in total. The van der Waals surface area contributed by atoms with Crippen molar-refractivity contribution in [3.05, 3.63) is 23.8 Å². The Morgan fingerprint density at radius 2 is 1.80 bits per heavy atom. The van der Waals surface area contributed by atoms with Crippen molar-refractivity contribution in [2.24, 2.45) is 0 Å². The van der Waals surface area contributed by atoms with E-state index in [1.165, 1.54) is 31.7 Å². The maximum Gasteiger partial charge on any atom is 0.166 e. The molecule has 0 spiro atoms. The van der Waals surface area contributed by atoms with Gasteiger partial charge in [-0.15, -0.1) is 0 Å². The molecule has 1 aromatic carbocycles. The van der Waals surface area contributed by atoms with Gasteiger partial charge in [-0.2, -0.15) is 0 Å². The molecule has 0 radical (unpaired) electrons. The molecule has 0 atom stereocenters. The van der Waals surface area contributed by atoms with Gasteiger partial charge in [-0.3, -0.25) is 4.79 Å². The Hall–Kier alpha value is -1.51. The summed E-state index contributed by atoms with van der Waals surface area (Å²) in [5.41, 5.74) is 0.405. The van der Waals surface area contributed by atoms with Crippen molar-refractivity contribution in [2.45, 2.75) is 58.8 Å². The zero-order valence-corrected chi connectivity index (χ0v) is 12.7. The van der Waals surface area contributed by atoms with E-state index in [-0.39, 0.29) is 11.5 Å². The molecule has 20 heavy (non-hydrogen) atoms. The molecule has 0 aliphatic carbocycles. The van der Waals surface area contributed by atoms with Crippen LogP contribution in [0, 0.1) is 0 Å². The zero-order chi connectivity index (χ0) is 14.8. The van der Waals surface area contributed by atoms with Gasteiger partial charge in [0.05, 0.1) is 12.2 Å². The number of phenols is 1. The lowest BCUT2D eigenvalue weighted by atomic mass is 10.0. The van der Waals surface area contributed by atoms with Crippen LogP contribution in [0.2, 0.25) is 0 Å². The zero-order valence-electron chi connectivity index (χ0n) is 12.7. The molecule has 0 aromatic heterocycles. The van der Waals surface area contributed by atoms with Crippen LogP contribution in [0.1, 0.15) is 69.2 Å². The summed E-state index contributed by atoms with van der Waals surface area (Å²) >= 11 is 0. The second kappa shape index (κ2) is 9.40. The largest absolute Gasteiger partial charge is 0.507 e. The molecule has 0 aliphatic heterocycles. The van der Waals surface area contributed by atoms with E-state index < -0.39 is 0 Å². The number of unbranched alkanes of at least 4 members (excludes halogenated alkanes) is 5. The van der Waals surface area contributed by atoms with E-state index in [4.69, 9.17) is 4.74 Å². The summed E-state index contributed by atoms with van der Waals surface area (Å²) in [6.45, 7) is 4.62. The SMILES string of the molecule is CCCCCCCCC(=O)c1ccc(OCC)cc1O. The average molecular weight is 278 g/mol. The fraction of sp³-hybridized carbons (Fsp3) is 0.588. The summed E-state index contributed by atoms with van der Waals surface area (Å²) in [6.07, 6.45) is 7.44. The summed E-state index contributed by atoms with van der Waals surface area (Å²) in [7, 11) is 0. The smallest absolute Gasteiger partial charge is 0.166 e. The molecule has 3 heteroatoms. The third-order valence-electron chi connectivity index (χ3n) is 3.34. The summed E-state index contributed by atoms with van der Waals surface area (Å²) in [6, 6.07) is 4.90. The molecular weight excluding hydrogens is 252 g/mol. The summed E-state index contributed by atoms with van der Waals surface area (Å²) in [5.74, 6) is 0.633. The van der Waals surface area contributed by atoms with Gasteiger partial charge in [0.1, 0.15) is 11.5 Å². The molecule has 0 saturated carbocycles. The minimum absolute atomic E-state index is 0.0149. The highest BCUT2D eigenvalue weighted by Crippen LogP contribution is 2.25. The van der Waals surface area contributed by atoms with Crippen molar-refractivity contribution in [1.82, 2.24) is 0 Å². The van der Waals surface area contributed by atoms with Crippen LogP contribution in [0.3, 0.4) is 0 Å². The Kier molecular flexibility index (Phi) is 7.78. The Labute approximate surface area is 122 Å². The number of Topliss-reactive ketones (excluding diaryl/α,β-unsaturated/α-hetero) is 1. The topological polar surface area (TPSA) is 46.5 Å². The quantitative estimate of drug-likeness (QED) is 0.497. The maximum atomic E-state index is 12.0. The van der Waals surface area contributed by atoms with Gasteiger partial charge in [0, 0.05) is 12.5 Å². The summed E-state index contributed by atoms with van der Waals surface area (Å²) in [4.78, 5) is 12.0. The minimum Gasteiger partial charge on any atom is -0.507 e. The number of benzene rings is 1. The van der Waals surface area contributed by atoms with Gasteiger partial charge in [0.15, 0.2) is 5.78 Å². The second-order valence-corrected chi connectivity index (χ2v) is 5.05. The van der Waals surface area contributed by atoms with Gasteiger partial charge in [0.2, 0.25) is 0 Å². The lowest BCUT2D eigenvalue weighted by molar-refractivity contribution is 0.0976. The Morgan fingerprint density at radius 1 is 1.10 bits per heavy atom. The second-order valence-electron chi connectivity index (χ2n) is 5.05. The number of phenolic OH excluding ortho intramolecular Hbond substituents is 1. The van der Waals surface area contributed by atoms with Crippen molar-refractivity contribution in [3.63, 3.8) is 0 Å². The van der Waals surface area contributed by atoms with Crippen molar-refractivity contribution in [1.29, 1.82) is 0 Å². The lowest BCUT2D eigenvalue weighted by Gasteiger charge is -2.07. The van der Waals surface area contributed by atoms with E-state index in [1.54, 1.807) is 12.1 Å². The van der Waals surface area contributed by atoms with E-state index >= 15 is 0 Å². The lowest BCUT2D eigenvalue weighted by Crippen LogP contribution is -2.00. The van der Waals surface area contributed by atoms with Gasteiger partial charge in [-0.25, -0.2) is 0 Å². The molecule has 0 bridgehead atoms. The fourth-order valence-electron chi connectivity index (χ4n) is 2.20. The van der Waals surface area contributed by atoms with Gasteiger partial charge < -0.3 is 9.84 Å². The number of ketones is 1. The van der Waals surface area contributed by atoms with Crippen LogP contribution in [0.4, 0.5) is 0 Å².